The molecule has 1 aliphatic carbocycles. The van der Waals surface area contributed by atoms with Crippen LogP contribution in [-0.4, -0.2) is 152 Å². The molecule has 5 atom stereocenters. The maximum Gasteiger partial charge on any atom is 0.251 e. The standard InChI is InChI=1S/C53H72N10O10S/c1-9-40-50(68)61(7)42-28-55-52(60-47(42)63(40)37-12-10-11-13-37)58-39-19-18-36(26-43(39)70-8)48(66)54-20-21-71-22-23-72-24-25-73-30-44(65)59-46(53(4,5)6)51(69)62-29-38(64)27-41(62)49(67)57-32(2)34-14-16-35(17-15-34)45-33(3)56-31-74-45/h14-19,26,28,31-32,37-38,40-41,46,64H,9-13,20-25,27,29-30H2,1-8H3,(H,54,66)(H,57,67)(H,59,65)(H,55,58,60)/t32-,38-,40+,41+,46-/m1/s1. The Kier molecular flexibility index (Phi) is 19.0. The molecule has 0 bridgehead atoms. The summed E-state index contributed by atoms with van der Waals surface area (Å²) in [4.78, 5) is 87.1. The highest BCUT2D eigenvalue weighted by atomic mass is 32.1. The summed E-state index contributed by atoms with van der Waals surface area (Å²) in [5.41, 5.74) is 5.60. The van der Waals surface area contributed by atoms with Gasteiger partial charge in [-0.05, 0) is 67.9 Å². The van der Waals surface area contributed by atoms with Crippen molar-refractivity contribution in [1.29, 1.82) is 0 Å². The van der Waals surface area contributed by atoms with E-state index in [0.29, 0.717) is 35.1 Å². The van der Waals surface area contributed by atoms with Gasteiger partial charge >= 0.3 is 0 Å². The Labute approximate surface area is 437 Å². The number of carbonyl (C=O) groups excluding carboxylic acids is 5. The first-order valence-electron chi connectivity index (χ1n) is 25.5. The maximum atomic E-state index is 14.0. The van der Waals surface area contributed by atoms with Crippen LogP contribution in [-0.2, 0) is 33.4 Å². The summed E-state index contributed by atoms with van der Waals surface area (Å²) in [7, 11) is 3.29. The zero-order valence-corrected chi connectivity index (χ0v) is 44.6. The largest absolute Gasteiger partial charge is 0.495 e. The Bertz CT molecular complexity index is 2590. The Hall–Kier alpha value is -6.26. The second kappa shape index (κ2) is 25.3. The molecule has 3 aliphatic rings. The average molecular weight is 1040 g/mol. The number of β-amino-alcohol motifs (C(OH)–C–C–N with tert-alkyl or cyclic N) is 1. The van der Waals surface area contributed by atoms with Gasteiger partial charge < -0.3 is 60.0 Å². The number of benzene rings is 2. The lowest BCUT2D eigenvalue weighted by Crippen LogP contribution is -2.58. The molecule has 0 radical (unpaired) electrons. The SMILES string of the molecule is CC[C@H]1C(=O)N(C)c2cnc(Nc3ccc(C(=O)NCCOCCOCCOCC(=O)N[C@H](C(=O)N4C[C@H](O)C[C@H]4C(=O)N[C@H](C)c4ccc(-c5scnc5C)cc4)C(C)(C)C)cc3OC)nc2N1C1CCCC1. The number of carbonyl (C=O) groups is 5. The highest BCUT2D eigenvalue weighted by Gasteiger charge is 2.45. The molecule has 1 saturated carbocycles. The molecular weight excluding hydrogens is 969 g/mol. The van der Waals surface area contributed by atoms with Crippen LogP contribution < -0.4 is 35.8 Å². The van der Waals surface area contributed by atoms with Crippen LogP contribution in [0.4, 0.5) is 23.1 Å². The van der Waals surface area contributed by atoms with Crippen molar-refractivity contribution in [1.82, 2.24) is 35.8 Å². The minimum atomic E-state index is -0.995. The van der Waals surface area contributed by atoms with Crippen LogP contribution in [0.5, 0.6) is 5.75 Å². The second-order valence-corrected chi connectivity index (χ2v) is 20.9. The van der Waals surface area contributed by atoms with E-state index in [0.717, 1.165) is 53.2 Å². The number of aryl methyl sites for hydroxylation is 1. The molecule has 4 aromatic rings. The van der Waals surface area contributed by atoms with Crippen LogP contribution in [0, 0.1) is 12.3 Å². The molecule has 74 heavy (non-hydrogen) atoms. The summed E-state index contributed by atoms with van der Waals surface area (Å²) < 4.78 is 22.4. The number of aromatic nitrogens is 3. The lowest BCUT2D eigenvalue weighted by Gasteiger charge is -2.43. The van der Waals surface area contributed by atoms with Gasteiger partial charge in [-0.1, -0.05) is 64.8 Å². The van der Waals surface area contributed by atoms with Gasteiger partial charge in [0.15, 0.2) is 5.82 Å². The molecule has 7 rings (SSSR count). The fourth-order valence-corrected chi connectivity index (χ4v) is 10.5. The number of likely N-dealkylation sites (N-methyl/N-ethyl adjacent to an activating group) is 1. The molecule has 0 unspecified atom stereocenters. The average Bonchev–Trinajstić information content (AvgIpc) is 4.17. The van der Waals surface area contributed by atoms with Crippen LogP contribution in [0.25, 0.3) is 10.4 Å². The highest BCUT2D eigenvalue weighted by molar-refractivity contribution is 7.13. The quantitative estimate of drug-likeness (QED) is 0.0592. The number of fused-ring (bicyclic) bond motifs is 1. The third-order valence-corrected chi connectivity index (χ3v) is 14.7. The van der Waals surface area contributed by atoms with E-state index in [4.69, 9.17) is 23.9 Å². The number of aliphatic hydroxyl groups excluding tert-OH is 1. The van der Waals surface area contributed by atoms with E-state index in [-0.39, 0.29) is 95.0 Å². The van der Waals surface area contributed by atoms with Crippen LogP contribution in [0.3, 0.4) is 0 Å². The number of hydrogen-bond donors (Lipinski definition) is 5. The van der Waals surface area contributed by atoms with Crippen molar-refractivity contribution in [2.75, 3.05) is 82.0 Å². The fourth-order valence-electron chi connectivity index (χ4n) is 9.66. The summed E-state index contributed by atoms with van der Waals surface area (Å²) in [6.07, 6.45) is 5.80. The number of anilines is 4. The van der Waals surface area contributed by atoms with E-state index in [9.17, 15) is 29.1 Å². The van der Waals surface area contributed by atoms with E-state index < -0.39 is 35.4 Å². The van der Waals surface area contributed by atoms with Gasteiger partial charge in [-0.25, -0.2) is 9.97 Å². The summed E-state index contributed by atoms with van der Waals surface area (Å²) in [6.45, 7) is 12.3. The van der Waals surface area contributed by atoms with E-state index in [2.05, 4.69) is 36.1 Å². The number of hydrogen-bond acceptors (Lipinski definition) is 16. The van der Waals surface area contributed by atoms with E-state index >= 15 is 0 Å². The number of methoxy groups -OCH3 is 1. The summed E-state index contributed by atoms with van der Waals surface area (Å²) in [5.74, 6) is -0.116. The van der Waals surface area contributed by atoms with Crippen LogP contribution in [0.1, 0.15) is 101 Å². The third kappa shape index (κ3) is 13.5. The van der Waals surface area contributed by atoms with Crippen LogP contribution in [0.2, 0.25) is 0 Å². The molecule has 1 saturated heterocycles. The first-order chi connectivity index (χ1) is 35.5. The Balaban J connectivity index is 0.786. The predicted molar refractivity (Wildman–Crippen MR) is 282 cm³/mol. The molecule has 2 fully saturated rings. The molecule has 5 amide bonds. The van der Waals surface area contributed by atoms with E-state index in [1.54, 1.807) is 47.7 Å². The van der Waals surface area contributed by atoms with Crippen LogP contribution in [0.15, 0.2) is 54.2 Å². The van der Waals surface area contributed by atoms with E-state index in [1.165, 1.54) is 12.0 Å². The summed E-state index contributed by atoms with van der Waals surface area (Å²) >= 11 is 1.57. The lowest BCUT2D eigenvalue weighted by molar-refractivity contribution is -0.144. The van der Waals surface area contributed by atoms with Crippen LogP contribution >= 0.6 is 11.3 Å². The highest BCUT2D eigenvalue weighted by Crippen LogP contribution is 2.41. The van der Waals surface area contributed by atoms with Gasteiger partial charge in [0, 0.05) is 38.2 Å². The van der Waals surface area contributed by atoms with Gasteiger partial charge in [0.25, 0.3) is 5.91 Å². The number of nitrogens with zero attached hydrogens (tertiary/aromatic N) is 6. The minimum Gasteiger partial charge on any atom is -0.495 e. The molecular formula is C53H72N10O10S. The van der Waals surface area contributed by atoms with Gasteiger partial charge in [-0.15, -0.1) is 11.3 Å². The van der Waals surface area contributed by atoms with Gasteiger partial charge in [-0.3, -0.25) is 24.0 Å². The minimum absolute atomic E-state index is 0.0375. The molecule has 2 aromatic carbocycles. The van der Waals surface area contributed by atoms with Crippen molar-refractivity contribution in [2.24, 2.45) is 5.41 Å². The van der Waals surface area contributed by atoms with Gasteiger partial charge in [0.05, 0.1) is 80.3 Å². The summed E-state index contributed by atoms with van der Waals surface area (Å²) in [5, 5.41) is 22.5. The number of rotatable bonds is 23. The predicted octanol–water partition coefficient (Wildman–Crippen LogP) is 5.31. The first-order valence-corrected chi connectivity index (χ1v) is 26.3. The van der Waals surface area contributed by atoms with E-state index in [1.807, 2.05) is 71.3 Å². The van der Waals surface area contributed by atoms with Gasteiger partial charge in [0.2, 0.25) is 29.6 Å². The molecule has 0 spiro atoms. The molecule has 400 valence electrons. The zero-order valence-electron chi connectivity index (χ0n) is 43.8. The van der Waals surface area contributed by atoms with Gasteiger partial charge in [-0.2, -0.15) is 4.98 Å². The number of amides is 5. The lowest BCUT2D eigenvalue weighted by atomic mass is 9.85. The number of thiazole rings is 1. The Morgan fingerprint density at radius 2 is 1.65 bits per heavy atom. The molecule has 2 aromatic heterocycles. The topological polar surface area (TPSA) is 239 Å². The van der Waals surface area contributed by atoms with Crippen molar-refractivity contribution >= 4 is 64.0 Å². The first kappa shape index (κ1) is 55.5. The van der Waals surface area contributed by atoms with Crippen molar-refractivity contribution in [3.63, 3.8) is 0 Å². The van der Waals surface area contributed by atoms with Crippen molar-refractivity contribution in [3.8, 4) is 16.2 Å². The smallest absolute Gasteiger partial charge is 0.251 e. The molecule has 20 nitrogen and oxygen atoms in total. The van der Waals surface area contributed by atoms with Gasteiger partial charge in [0.1, 0.15) is 36.2 Å². The van der Waals surface area contributed by atoms with Crippen molar-refractivity contribution < 1.29 is 48.0 Å². The fraction of sp³-hybridized carbons (Fsp3) is 0.547. The number of nitrogens with one attached hydrogen (secondary N) is 4. The number of aliphatic hydroxyl groups is 1. The molecule has 4 heterocycles. The zero-order chi connectivity index (χ0) is 53.1. The molecule has 21 heteroatoms. The van der Waals surface area contributed by atoms with Crippen molar-refractivity contribution in [2.45, 2.75) is 116 Å². The second-order valence-electron chi connectivity index (χ2n) is 20.0. The number of ether oxygens (including phenoxy) is 4. The van der Waals surface area contributed by atoms with Crippen molar-refractivity contribution in [3.05, 3.63) is 71.0 Å². The number of likely N-dealkylation sites (tertiary alicyclic amines) is 1. The molecule has 5 N–H and O–H groups in total. The maximum absolute atomic E-state index is 14.0. The Morgan fingerprint density at radius 1 is 0.946 bits per heavy atom. The Morgan fingerprint density at radius 3 is 2.31 bits per heavy atom. The third-order valence-electron chi connectivity index (χ3n) is 13.7. The monoisotopic (exact) mass is 1040 g/mol. The summed E-state index contributed by atoms with van der Waals surface area (Å²) in [6, 6.07) is 10.6. The molecule has 2 aliphatic heterocycles. The normalized spacial score (nSPS) is 18.7.